The highest BCUT2D eigenvalue weighted by atomic mass is 16.7. The Bertz CT molecular complexity index is 1590. The monoisotopic (exact) mass is 1080 g/mol. The van der Waals surface area contributed by atoms with Crippen molar-refractivity contribution in [1.29, 1.82) is 0 Å². The van der Waals surface area contributed by atoms with Gasteiger partial charge in [0.1, 0.15) is 55.4 Å². The molecule has 15 heteroatoms. The van der Waals surface area contributed by atoms with E-state index in [1.54, 1.807) is 0 Å². The lowest BCUT2D eigenvalue weighted by Crippen LogP contribution is -2.61. The van der Waals surface area contributed by atoms with Gasteiger partial charge in [-0.1, -0.05) is 183 Å². The van der Waals surface area contributed by atoms with Crippen LogP contribution in [0.1, 0.15) is 206 Å². The second-order valence-corrected chi connectivity index (χ2v) is 20.4. The van der Waals surface area contributed by atoms with Crippen molar-refractivity contribution in [2.75, 3.05) is 26.4 Å². The van der Waals surface area contributed by atoms with Crippen LogP contribution in [0, 0.1) is 0 Å². The zero-order chi connectivity index (χ0) is 55.3. The lowest BCUT2D eigenvalue weighted by atomic mass is 9.98. The van der Waals surface area contributed by atoms with E-state index in [0.717, 1.165) is 96.3 Å². The van der Waals surface area contributed by atoms with Crippen LogP contribution >= 0.6 is 0 Å². The molecule has 2 heterocycles. The number of allylic oxidation sites excluding steroid dienone is 12. The van der Waals surface area contributed by atoms with Gasteiger partial charge in [0.05, 0.1) is 19.8 Å². The molecule has 2 fully saturated rings. The summed E-state index contributed by atoms with van der Waals surface area (Å²) in [7, 11) is 0. The minimum Gasteiger partial charge on any atom is -0.462 e. The van der Waals surface area contributed by atoms with Gasteiger partial charge in [-0.15, -0.1) is 0 Å². The molecule has 15 nitrogen and oxygen atoms in total. The van der Waals surface area contributed by atoms with E-state index in [1.165, 1.54) is 70.6 Å². The van der Waals surface area contributed by atoms with E-state index in [1.807, 2.05) is 0 Å². The van der Waals surface area contributed by atoms with Crippen LogP contribution in [-0.2, 0) is 38.0 Å². The summed E-state index contributed by atoms with van der Waals surface area (Å²) in [5.41, 5.74) is 0. The van der Waals surface area contributed by atoms with Crippen LogP contribution < -0.4 is 0 Å². The fourth-order valence-corrected chi connectivity index (χ4v) is 8.89. The number of carbonyl (C=O) groups is 2. The molecular weight excluding hydrogens is 973 g/mol. The van der Waals surface area contributed by atoms with Gasteiger partial charge in [-0.05, 0) is 83.5 Å². The van der Waals surface area contributed by atoms with E-state index in [4.69, 9.17) is 28.4 Å². The average Bonchev–Trinajstić information content (AvgIpc) is 3.41. The van der Waals surface area contributed by atoms with Crippen molar-refractivity contribution in [1.82, 2.24) is 0 Å². The van der Waals surface area contributed by atoms with E-state index >= 15 is 0 Å². The zero-order valence-corrected chi connectivity index (χ0v) is 46.7. The van der Waals surface area contributed by atoms with Gasteiger partial charge < -0.3 is 64.2 Å². The molecule has 11 unspecified atom stereocenters. The quantitative estimate of drug-likeness (QED) is 0.0171. The molecule has 0 aromatic heterocycles. The summed E-state index contributed by atoms with van der Waals surface area (Å²) in [6.45, 7) is 2.46. The molecule has 11 atom stereocenters. The smallest absolute Gasteiger partial charge is 0.306 e. The van der Waals surface area contributed by atoms with Crippen molar-refractivity contribution in [2.24, 2.45) is 0 Å². The first kappa shape index (κ1) is 69.0. The topological polar surface area (TPSA) is 231 Å². The molecule has 2 saturated heterocycles. The molecule has 0 aromatic carbocycles. The van der Waals surface area contributed by atoms with Crippen LogP contribution in [-0.4, -0.2) is 142 Å². The molecule has 2 rings (SSSR count). The Labute approximate surface area is 457 Å². The van der Waals surface area contributed by atoms with Gasteiger partial charge in [0, 0.05) is 12.8 Å². The Morgan fingerprint density at radius 1 is 0.434 bits per heavy atom. The number of hydrogen-bond acceptors (Lipinski definition) is 15. The van der Waals surface area contributed by atoms with E-state index in [-0.39, 0.29) is 19.4 Å². The van der Waals surface area contributed by atoms with Gasteiger partial charge in [-0.25, -0.2) is 0 Å². The van der Waals surface area contributed by atoms with Crippen LogP contribution in [0.3, 0.4) is 0 Å². The third-order valence-electron chi connectivity index (χ3n) is 13.7. The van der Waals surface area contributed by atoms with Crippen molar-refractivity contribution < 1.29 is 73.8 Å². The SMILES string of the molecule is CC/C=C\C/C=C\C/C=C\C/C=C\CCCCCCCCC(=O)OC(COC(=O)CCCCCCCCCCC/C=C\C/C=C\CCCCCCC)COC1OC(COC2OC(CO)C(O)C(O)C2O)C(O)C(O)C1O. The normalized spacial score (nSPS) is 24.9. The van der Waals surface area contributed by atoms with Crippen LogP contribution in [0.2, 0.25) is 0 Å². The van der Waals surface area contributed by atoms with Crippen LogP contribution in [0.25, 0.3) is 0 Å². The highest BCUT2D eigenvalue weighted by molar-refractivity contribution is 5.70. The molecule has 7 N–H and O–H groups in total. The Morgan fingerprint density at radius 3 is 1.30 bits per heavy atom. The summed E-state index contributed by atoms with van der Waals surface area (Å²) in [5.74, 6) is -0.946. The second-order valence-electron chi connectivity index (χ2n) is 20.4. The first-order chi connectivity index (χ1) is 37.0. The van der Waals surface area contributed by atoms with Gasteiger partial charge in [0.2, 0.25) is 0 Å². The molecule has 2 aliphatic heterocycles. The van der Waals surface area contributed by atoms with E-state index in [2.05, 4.69) is 86.8 Å². The Hall–Kier alpha value is -3.06. The van der Waals surface area contributed by atoms with Gasteiger partial charge in [-0.3, -0.25) is 9.59 Å². The second kappa shape index (κ2) is 46.8. The fourth-order valence-electron chi connectivity index (χ4n) is 8.89. The Balaban J connectivity index is 1.76. The maximum absolute atomic E-state index is 13.1. The van der Waals surface area contributed by atoms with E-state index < -0.39 is 99.3 Å². The number of hydrogen-bond donors (Lipinski definition) is 7. The molecule has 0 spiro atoms. The molecule has 0 bridgehead atoms. The molecule has 0 radical (unpaired) electrons. The maximum atomic E-state index is 13.1. The number of esters is 2. The molecule has 0 amide bonds. The van der Waals surface area contributed by atoms with Crippen molar-refractivity contribution in [3.05, 3.63) is 72.9 Å². The standard InChI is InChI=1S/C61H104O15/c1-3-5-7-9-11-13-15-17-19-21-23-24-26-27-29-31-33-35-37-39-41-43-52(63)71-46-49(74-53(64)44-42-40-38-36-34-32-30-28-25-22-20-18-16-14-12-10-8-6-4-2)47-72-60-59(70)57(68)55(66)51(76-60)48-73-61-58(69)56(67)54(65)50(45-62)75-61/h6,8,12,14-15,17-18,20-21,23,25,28,49-51,54-62,65-70H,3-5,7,9-11,13,16,19,22,24,26-27,29-48H2,1-2H3/b8-6-,14-12-,17-15-,20-18-,23-21-,28-25-. The highest BCUT2D eigenvalue weighted by Crippen LogP contribution is 2.27. The summed E-state index contributed by atoms with van der Waals surface area (Å²) in [6.07, 6.45) is 40.5. The van der Waals surface area contributed by atoms with E-state index in [0.29, 0.717) is 12.8 Å². The summed E-state index contributed by atoms with van der Waals surface area (Å²) in [4.78, 5) is 25.9. The van der Waals surface area contributed by atoms with Crippen molar-refractivity contribution in [3.63, 3.8) is 0 Å². The molecule has 0 aromatic rings. The van der Waals surface area contributed by atoms with Crippen molar-refractivity contribution in [2.45, 2.75) is 274 Å². The lowest BCUT2D eigenvalue weighted by molar-refractivity contribution is -0.332. The minimum absolute atomic E-state index is 0.145. The zero-order valence-electron chi connectivity index (χ0n) is 46.7. The van der Waals surface area contributed by atoms with Crippen LogP contribution in [0.4, 0.5) is 0 Å². The van der Waals surface area contributed by atoms with Gasteiger partial charge in [0.25, 0.3) is 0 Å². The van der Waals surface area contributed by atoms with Gasteiger partial charge in [0.15, 0.2) is 18.7 Å². The Morgan fingerprint density at radius 2 is 0.829 bits per heavy atom. The van der Waals surface area contributed by atoms with Crippen molar-refractivity contribution in [3.8, 4) is 0 Å². The number of aliphatic hydroxyl groups excluding tert-OH is 7. The summed E-state index contributed by atoms with van der Waals surface area (Å²) in [5, 5.41) is 72.3. The maximum Gasteiger partial charge on any atom is 0.306 e. The first-order valence-electron chi connectivity index (χ1n) is 29.5. The highest BCUT2D eigenvalue weighted by Gasteiger charge is 2.47. The average molecular weight is 1080 g/mol. The van der Waals surface area contributed by atoms with Crippen molar-refractivity contribution >= 4 is 11.9 Å². The predicted octanol–water partition coefficient (Wildman–Crippen LogP) is 10.2. The summed E-state index contributed by atoms with van der Waals surface area (Å²) in [6, 6.07) is 0. The van der Waals surface area contributed by atoms with Gasteiger partial charge >= 0.3 is 11.9 Å². The molecule has 0 aliphatic carbocycles. The lowest BCUT2D eigenvalue weighted by Gasteiger charge is -2.42. The Kier molecular flexibility index (Phi) is 42.5. The minimum atomic E-state index is -1.77. The molecule has 0 saturated carbocycles. The number of rotatable bonds is 46. The van der Waals surface area contributed by atoms with Gasteiger partial charge in [-0.2, -0.15) is 0 Å². The summed E-state index contributed by atoms with van der Waals surface area (Å²) < 4.78 is 33.7. The number of carbonyl (C=O) groups excluding carboxylic acids is 2. The van der Waals surface area contributed by atoms with E-state index in [9.17, 15) is 45.3 Å². The fraction of sp³-hybridized carbons (Fsp3) is 0.770. The molecular formula is C61H104O15. The number of ether oxygens (including phenoxy) is 6. The largest absolute Gasteiger partial charge is 0.462 e. The predicted molar refractivity (Wildman–Crippen MR) is 298 cm³/mol. The van der Waals surface area contributed by atoms with Crippen LogP contribution in [0.5, 0.6) is 0 Å². The third-order valence-corrected chi connectivity index (χ3v) is 13.7. The molecule has 76 heavy (non-hydrogen) atoms. The molecule has 2 aliphatic rings. The first-order valence-corrected chi connectivity index (χ1v) is 29.5. The third kappa shape index (κ3) is 33.4. The summed E-state index contributed by atoms with van der Waals surface area (Å²) >= 11 is 0. The number of unbranched alkanes of at least 4 members (excludes halogenated alkanes) is 20. The molecule has 438 valence electrons. The van der Waals surface area contributed by atoms with Crippen LogP contribution in [0.15, 0.2) is 72.9 Å². The number of aliphatic hydroxyl groups is 7.